The van der Waals surface area contributed by atoms with Crippen LogP contribution < -0.4 is 21.7 Å². The highest BCUT2D eigenvalue weighted by Gasteiger charge is 2.14. The van der Waals surface area contributed by atoms with Crippen LogP contribution in [0.25, 0.3) is 0 Å². The lowest BCUT2D eigenvalue weighted by Gasteiger charge is -2.23. The SMILES string of the molecule is CCCCNc1nc(NCC2CCNCC2)cc(C(N)O)n1. The van der Waals surface area contributed by atoms with Crippen LogP contribution in [0.1, 0.15) is 44.5 Å². The lowest BCUT2D eigenvalue weighted by Crippen LogP contribution is -2.31. The van der Waals surface area contributed by atoms with Gasteiger partial charge in [-0.15, -0.1) is 0 Å². The highest BCUT2D eigenvalue weighted by Crippen LogP contribution is 2.17. The minimum absolute atomic E-state index is 0.432. The normalized spacial score (nSPS) is 17.2. The average Bonchev–Trinajstić information content (AvgIpc) is 2.54. The summed E-state index contributed by atoms with van der Waals surface area (Å²) in [7, 11) is 0. The lowest BCUT2D eigenvalue weighted by atomic mass is 9.98. The summed E-state index contributed by atoms with van der Waals surface area (Å²) in [6.45, 7) is 5.98. The van der Waals surface area contributed by atoms with Crippen molar-refractivity contribution in [1.82, 2.24) is 15.3 Å². The molecule has 7 heteroatoms. The Labute approximate surface area is 132 Å². The van der Waals surface area contributed by atoms with E-state index in [2.05, 4.69) is 32.8 Å². The van der Waals surface area contributed by atoms with Crippen molar-refractivity contribution in [3.63, 3.8) is 0 Å². The van der Waals surface area contributed by atoms with Gasteiger partial charge in [0.1, 0.15) is 12.0 Å². The summed E-state index contributed by atoms with van der Waals surface area (Å²) in [5.41, 5.74) is 5.98. The van der Waals surface area contributed by atoms with Crippen LogP contribution in [0.4, 0.5) is 11.8 Å². The molecular weight excluding hydrogens is 280 g/mol. The number of nitrogens with two attached hydrogens (primary N) is 1. The van der Waals surface area contributed by atoms with Crippen LogP contribution in [0.15, 0.2) is 6.07 Å². The van der Waals surface area contributed by atoms with Crippen LogP contribution in [0.2, 0.25) is 0 Å². The summed E-state index contributed by atoms with van der Waals surface area (Å²) in [6, 6.07) is 1.72. The van der Waals surface area contributed by atoms with Gasteiger partial charge in [0, 0.05) is 19.2 Å². The molecule has 0 bridgehead atoms. The van der Waals surface area contributed by atoms with Gasteiger partial charge >= 0.3 is 0 Å². The second-order valence-electron chi connectivity index (χ2n) is 5.80. The summed E-state index contributed by atoms with van der Waals surface area (Å²) < 4.78 is 0. The number of hydrogen-bond acceptors (Lipinski definition) is 7. The fraction of sp³-hybridized carbons (Fsp3) is 0.733. The molecule has 2 rings (SSSR count). The van der Waals surface area contributed by atoms with Crippen molar-refractivity contribution < 1.29 is 5.11 Å². The number of piperidine rings is 1. The predicted molar refractivity (Wildman–Crippen MR) is 88.7 cm³/mol. The number of rotatable bonds is 8. The van der Waals surface area contributed by atoms with Gasteiger partial charge < -0.3 is 26.8 Å². The van der Waals surface area contributed by atoms with E-state index in [4.69, 9.17) is 5.73 Å². The molecule has 1 aliphatic rings. The molecule has 6 N–H and O–H groups in total. The van der Waals surface area contributed by atoms with E-state index in [1.165, 1.54) is 12.8 Å². The Morgan fingerprint density at radius 2 is 2.14 bits per heavy atom. The molecule has 1 aromatic rings. The lowest BCUT2D eigenvalue weighted by molar-refractivity contribution is 0.181. The first-order chi connectivity index (χ1) is 10.7. The Kier molecular flexibility index (Phi) is 6.82. The fourth-order valence-corrected chi connectivity index (χ4v) is 2.50. The molecule has 124 valence electrons. The van der Waals surface area contributed by atoms with E-state index in [-0.39, 0.29) is 0 Å². The van der Waals surface area contributed by atoms with Crippen molar-refractivity contribution in [2.45, 2.75) is 38.8 Å². The van der Waals surface area contributed by atoms with E-state index in [0.29, 0.717) is 23.4 Å². The number of unbranched alkanes of at least 4 members (excludes halogenated alkanes) is 1. The third-order valence-electron chi connectivity index (χ3n) is 3.89. The van der Waals surface area contributed by atoms with E-state index in [0.717, 1.165) is 39.0 Å². The molecule has 0 spiro atoms. The van der Waals surface area contributed by atoms with Gasteiger partial charge in [0.05, 0.1) is 5.69 Å². The van der Waals surface area contributed by atoms with Crippen molar-refractivity contribution in [2.75, 3.05) is 36.8 Å². The Bertz CT molecular complexity index is 448. The van der Waals surface area contributed by atoms with E-state index < -0.39 is 6.23 Å². The van der Waals surface area contributed by atoms with Gasteiger partial charge in [-0.05, 0) is 38.3 Å². The van der Waals surface area contributed by atoms with E-state index >= 15 is 0 Å². The fourth-order valence-electron chi connectivity index (χ4n) is 2.50. The van der Waals surface area contributed by atoms with Gasteiger partial charge in [0.25, 0.3) is 0 Å². The Balaban J connectivity index is 1.97. The van der Waals surface area contributed by atoms with Gasteiger partial charge in [-0.1, -0.05) is 13.3 Å². The zero-order chi connectivity index (χ0) is 15.8. The Morgan fingerprint density at radius 3 is 2.82 bits per heavy atom. The maximum atomic E-state index is 9.58. The summed E-state index contributed by atoms with van der Waals surface area (Å²) >= 11 is 0. The standard InChI is InChI=1S/C15H28N6O/c1-2-3-6-18-15-20-12(14(16)22)9-13(21-15)19-10-11-4-7-17-8-5-11/h9,11,14,17,22H,2-8,10,16H2,1H3,(H2,18,19,20,21). The molecule has 0 amide bonds. The minimum Gasteiger partial charge on any atom is -0.373 e. The van der Waals surface area contributed by atoms with E-state index in [1.54, 1.807) is 6.07 Å². The molecule has 1 fully saturated rings. The zero-order valence-electron chi connectivity index (χ0n) is 13.3. The van der Waals surface area contributed by atoms with E-state index in [9.17, 15) is 5.11 Å². The van der Waals surface area contributed by atoms with E-state index in [1.807, 2.05) is 0 Å². The van der Waals surface area contributed by atoms with Crippen molar-refractivity contribution in [3.8, 4) is 0 Å². The van der Waals surface area contributed by atoms with Crippen LogP contribution in [0, 0.1) is 5.92 Å². The first-order valence-electron chi connectivity index (χ1n) is 8.20. The van der Waals surface area contributed by atoms with Crippen LogP contribution in [-0.2, 0) is 0 Å². The molecule has 0 saturated carbocycles. The molecule has 1 saturated heterocycles. The molecule has 0 aliphatic carbocycles. The zero-order valence-corrected chi connectivity index (χ0v) is 13.3. The maximum Gasteiger partial charge on any atom is 0.225 e. The van der Waals surface area contributed by atoms with Gasteiger partial charge in [-0.3, -0.25) is 0 Å². The molecule has 1 aromatic heterocycles. The first-order valence-corrected chi connectivity index (χ1v) is 8.20. The van der Waals surface area contributed by atoms with Gasteiger partial charge in [-0.25, -0.2) is 4.98 Å². The van der Waals surface area contributed by atoms with Crippen molar-refractivity contribution in [3.05, 3.63) is 11.8 Å². The largest absolute Gasteiger partial charge is 0.373 e. The number of anilines is 2. The van der Waals surface area contributed by atoms with Crippen molar-refractivity contribution >= 4 is 11.8 Å². The van der Waals surface area contributed by atoms with Crippen LogP contribution in [0.5, 0.6) is 0 Å². The molecule has 2 heterocycles. The second kappa shape index (κ2) is 8.87. The number of nitrogens with one attached hydrogen (secondary N) is 3. The molecule has 1 unspecified atom stereocenters. The van der Waals surface area contributed by atoms with Gasteiger partial charge in [-0.2, -0.15) is 4.98 Å². The molecule has 1 atom stereocenters. The highest BCUT2D eigenvalue weighted by molar-refractivity contribution is 5.42. The molecule has 0 aromatic carbocycles. The molecule has 22 heavy (non-hydrogen) atoms. The number of aliphatic hydroxyl groups excluding tert-OH is 1. The maximum absolute atomic E-state index is 9.58. The molecule has 1 aliphatic heterocycles. The van der Waals surface area contributed by atoms with Crippen molar-refractivity contribution in [1.29, 1.82) is 0 Å². The van der Waals surface area contributed by atoms with Crippen LogP contribution >= 0.6 is 0 Å². The van der Waals surface area contributed by atoms with Gasteiger partial charge in [0.2, 0.25) is 5.95 Å². The summed E-state index contributed by atoms with van der Waals surface area (Å²) in [4.78, 5) is 8.71. The number of aliphatic hydroxyl groups is 1. The Hall–Kier alpha value is -1.44. The smallest absolute Gasteiger partial charge is 0.225 e. The number of hydrogen-bond donors (Lipinski definition) is 5. The Morgan fingerprint density at radius 1 is 1.36 bits per heavy atom. The second-order valence-corrected chi connectivity index (χ2v) is 5.80. The summed E-state index contributed by atoms with van der Waals surface area (Å²) in [5.74, 6) is 1.88. The summed E-state index contributed by atoms with van der Waals surface area (Å²) in [6.07, 6.45) is 3.41. The molecular formula is C15H28N6O. The number of nitrogens with zero attached hydrogens (tertiary/aromatic N) is 2. The average molecular weight is 308 g/mol. The number of aromatic nitrogens is 2. The van der Waals surface area contributed by atoms with Gasteiger partial charge in [0.15, 0.2) is 0 Å². The molecule has 0 radical (unpaired) electrons. The third-order valence-corrected chi connectivity index (χ3v) is 3.89. The molecule has 7 nitrogen and oxygen atoms in total. The van der Waals surface area contributed by atoms with Crippen LogP contribution in [0.3, 0.4) is 0 Å². The third kappa shape index (κ3) is 5.40. The summed E-state index contributed by atoms with van der Waals surface area (Å²) in [5, 5.41) is 19.5. The monoisotopic (exact) mass is 308 g/mol. The predicted octanol–water partition coefficient (Wildman–Crippen LogP) is 1.05. The highest BCUT2D eigenvalue weighted by atomic mass is 16.3. The van der Waals surface area contributed by atoms with Crippen LogP contribution in [-0.4, -0.2) is 41.3 Å². The quantitative estimate of drug-likeness (QED) is 0.361. The topological polar surface area (TPSA) is 108 Å². The van der Waals surface area contributed by atoms with Crippen molar-refractivity contribution in [2.24, 2.45) is 11.7 Å². The first kappa shape index (κ1) is 16.9. The minimum atomic E-state index is -1.09.